The van der Waals surface area contributed by atoms with Gasteiger partial charge in [-0.05, 0) is 43.7 Å². The summed E-state index contributed by atoms with van der Waals surface area (Å²) in [5.41, 5.74) is 0.659. The van der Waals surface area contributed by atoms with E-state index >= 15 is 0 Å². The molecule has 7 heteroatoms. The van der Waals surface area contributed by atoms with Crippen LogP contribution in [0.2, 0.25) is 0 Å². The number of nitrogens with one attached hydrogen (secondary N) is 1. The number of para-hydroxylation sites is 1. The van der Waals surface area contributed by atoms with Crippen molar-refractivity contribution in [3.05, 3.63) is 65.7 Å². The Morgan fingerprint density at radius 1 is 1.11 bits per heavy atom. The summed E-state index contributed by atoms with van der Waals surface area (Å²) in [4.78, 5) is 26.2. The van der Waals surface area contributed by atoms with Gasteiger partial charge in [-0.3, -0.25) is 9.59 Å². The minimum absolute atomic E-state index is 0.0433. The van der Waals surface area contributed by atoms with Gasteiger partial charge in [0.25, 0.3) is 5.91 Å². The van der Waals surface area contributed by atoms with Gasteiger partial charge in [-0.2, -0.15) is 0 Å². The first-order chi connectivity index (χ1) is 12.9. The predicted octanol–water partition coefficient (Wildman–Crippen LogP) is 2.90. The molecule has 2 aromatic carbocycles. The highest BCUT2D eigenvalue weighted by molar-refractivity contribution is 5.87. The highest BCUT2D eigenvalue weighted by Crippen LogP contribution is 2.16. The first kappa shape index (κ1) is 20.4. The van der Waals surface area contributed by atoms with Gasteiger partial charge in [-0.25, -0.2) is 8.78 Å². The molecule has 1 N–H and O–H groups in total. The zero-order chi connectivity index (χ0) is 19.8. The van der Waals surface area contributed by atoms with E-state index in [1.807, 2.05) is 0 Å². The van der Waals surface area contributed by atoms with Gasteiger partial charge < -0.3 is 15.0 Å². The molecule has 0 fully saturated rings. The number of amides is 2. The lowest BCUT2D eigenvalue weighted by molar-refractivity contribution is -0.142. The van der Waals surface area contributed by atoms with Crippen molar-refractivity contribution in [1.29, 1.82) is 0 Å². The van der Waals surface area contributed by atoms with E-state index in [4.69, 9.17) is 4.74 Å². The van der Waals surface area contributed by atoms with Crippen LogP contribution in [0.5, 0.6) is 5.75 Å². The van der Waals surface area contributed by atoms with E-state index in [1.54, 1.807) is 19.9 Å². The van der Waals surface area contributed by atoms with Crippen molar-refractivity contribution in [3.63, 3.8) is 0 Å². The Bertz CT molecular complexity index is 781. The molecule has 0 bridgehead atoms. The maximum Gasteiger partial charge on any atom is 0.261 e. The van der Waals surface area contributed by atoms with Crippen LogP contribution in [-0.2, 0) is 16.1 Å². The fourth-order valence-electron chi connectivity index (χ4n) is 2.48. The van der Waals surface area contributed by atoms with Crippen molar-refractivity contribution < 1.29 is 23.1 Å². The third-order valence-electron chi connectivity index (χ3n) is 3.97. The SMILES string of the molecule is CCNC(=O)[C@@H](C)N(Cc1ccc(F)cc1)C(=O)COc1ccccc1F. The molecule has 0 saturated heterocycles. The summed E-state index contributed by atoms with van der Waals surface area (Å²) in [6, 6.07) is 10.6. The summed E-state index contributed by atoms with van der Waals surface area (Å²) >= 11 is 0. The highest BCUT2D eigenvalue weighted by atomic mass is 19.1. The average Bonchev–Trinajstić information content (AvgIpc) is 2.66. The smallest absolute Gasteiger partial charge is 0.261 e. The largest absolute Gasteiger partial charge is 0.481 e. The van der Waals surface area contributed by atoms with E-state index in [2.05, 4.69) is 5.32 Å². The van der Waals surface area contributed by atoms with Gasteiger partial charge in [-0.15, -0.1) is 0 Å². The fourth-order valence-corrected chi connectivity index (χ4v) is 2.48. The van der Waals surface area contributed by atoms with Crippen LogP contribution >= 0.6 is 0 Å². The lowest BCUT2D eigenvalue weighted by Gasteiger charge is -2.28. The zero-order valence-electron chi connectivity index (χ0n) is 15.2. The minimum Gasteiger partial charge on any atom is -0.481 e. The van der Waals surface area contributed by atoms with Gasteiger partial charge in [0.1, 0.15) is 11.9 Å². The number of nitrogens with zero attached hydrogens (tertiary/aromatic N) is 1. The van der Waals surface area contributed by atoms with Crippen LogP contribution in [0.15, 0.2) is 48.5 Å². The number of rotatable bonds is 8. The monoisotopic (exact) mass is 376 g/mol. The minimum atomic E-state index is -0.772. The van der Waals surface area contributed by atoms with E-state index in [0.717, 1.165) is 0 Å². The number of hydrogen-bond donors (Lipinski definition) is 1. The third-order valence-corrected chi connectivity index (χ3v) is 3.97. The summed E-state index contributed by atoms with van der Waals surface area (Å²) in [7, 11) is 0. The van der Waals surface area contributed by atoms with Crippen molar-refractivity contribution in [3.8, 4) is 5.75 Å². The maximum atomic E-state index is 13.7. The molecule has 0 spiro atoms. The van der Waals surface area contributed by atoms with Gasteiger partial charge in [0.15, 0.2) is 18.2 Å². The van der Waals surface area contributed by atoms with Crippen LogP contribution in [0, 0.1) is 11.6 Å². The Balaban J connectivity index is 2.14. The number of ether oxygens (including phenoxy) is 1. The molecule has 0 aromatic heterocycles. The average molecular weight is 376 g/mol. The molecule has 27 heavy (non-hydrogen) atoms. The van der Waals surface area contributed by atoms with E-state index in [1.165, 1.54) is 47.4 Å². The van der Waals surface area contributed by atoms with Crippen molar-refractivity contribution in [2.45, 2.75) is 26.4 Å². The van der Waals surface area contributed by atoms with E-state index in [-0.39, 0.29) is 18.2 Å². The Hall–Kier alpha value is -2.96. The molecule has 0 aliphatic carbocycles. The topological polar surface area (TPSA) is 58.6 Å². The number of carbonyl (C=O) groups is 2. The quantitative estimate of drug-likeness (QED) is 0.771. The Morgan fingerprint density at radius 2 is 1.78 bits per heavy atom. The van der Waals surface area contributed by atoms with E-state index in [9.17, 15) is 18.4 Å². The van der Waals surface area contributed by atoms with Crippen molar-refractivity contribution in [2.24, 2.45) is 0 Å². The fraction of sp³-hybridized carbons (Fsp3) is 0.300. The Labute approximate surface area is 156 Å². The molecule has 0 aliphatic rings. The van der Waals surface area contributed by atoms with Crippen molar-refractivity contribution in [2.75, 3.05) is 13.2 Å². The van der Waals surface area contributed by atoms with Crippen LogP contribution in [-0.4, -0.2) is 35.9 Å². The number of halogens is 2. The Kier molecular flexibility index (Phi) is 7.28. The molecule has 2 aromatic rings. The first-order valence-electron chi connectivity index (χ1n) is 8.61. The Morgan fingerprint density at radius 3 is 2.41 bits per heavy atom. The molecule has 2 rings (SSSR count). The van der Waals surface area contributed by atoms with Crippen molar-refractivity contribution >= 4 is 11.8 Å². The molecule has 1 atom stereocenters. The standard InChI is InChI=1S/C20H22F2N2O3/c1-3-23-20(26)14(2)24(12-15-8-10-16(21)11-9-15)19(25)13-27-18-7-5-4-6-17(18)22/h4-11,14H,3,12-13H2,1-2H3,(H,23,26)/t14-/m1/s1. The third kappa shape index (κ3) is 5.77. The van der Waals surface area contributed by atoms with Gasteiger partial charge in [0, 0.05) is 13.1 Å². The number of benzene rings is 2. The van der Waals surface area contributed by atoms with Crippen LogP contribution in [0.25, 0.3) is 0 Å². The molecule has 5 nitrogen and oxygen atoms in total. The van der Waals surface area contributed by atoms with Gasteiger partial charge in [0.05, 0.1) is 0 Å². The first-order valence-corrected chi connectivity index (χ1v) is 8.61. The molecule has 0 saturated carbocycles. The highest BCUT2D eigenvalue weighted by Gasteiger charge is 2.26. The maximum absolute atomic E-state index is 13.7. The zero-order valence-corrected chi connectivity index (χ0v) is 15.2. The predicted molar refractivity (Wildman–Crippen MR) is 97.0 cm³/mol. The number of carbonyl (C=O) groups excluding carboxylic acids is 2. The molecular weight excluding hydrogens is 354 g/mol. The second kappa shape index (κ2) is 9.66. The lowest BCUT2D eigenvalue weighted by atomic mass is 10.1. The second-order valence-corrected chi connectivity index (χ2v) is 5.94. The molecule has 0 aliphatic heterocycles. The summed E-state index contributed by atoms with van der Waals surface area (Å²) in [6.07, 6.45) is 0. The van der Waals surface area contributed by atoms with Crippen LogP contribution in [0.4, 0.5) is 8.78 Å². The number of likely N-dealkylation sites (N-methyl/N-ethyl adjacent to an activating group) is 1. The molecular formula is C20H22F2N2O3. The summed E-state index contributed by atoms with van der Waals surface area (Å²) < 4.78 is 32.0. The normalized spacial score (nSPS) is 11.6. The van der Waals surface area contributed by atoms with Crippen molar-refractivity contribution in [1.82, 2.24) is 10.2 Å². The van der Waals surface area contributed by atoms with E-state index in [0.29, 0.717) is 12.1 Å². The molecule has 0 unspecified atom stereocenters. The number of hydrogen-bond acceptors (Lipinski definition) is 3. The van der Waals surface area contributed by atoms with Crippen LogP contribution in [0.1, 0.15) is 19.4 Å². The molecule has 144 valence electrons. The summed E-state index contributed by atoms with van der Waals surface area (Å²) in [5, 5.41) is 2.66. The molecule has 2 amide bonds. The molecule has 0 radical (unpaired) electrons. The lowest BCUT2D eigenvalue weighted by Crippen LogP contribution is -2.49. The van der Waals surface area contributed by atoms with Gasteiger partial charge >= 0.3 is 0 Å². The van der Waals surface area contributed by atoms with Crippen LogP contribution in [0.3, 0.4) is 0 Å². The summed E-state index contributed by atoms with van der Waals surface area (Å²) in [6.45, 7) is 3.46. The van der Waals surface area contributed by atoms with Gasteiger partial charge in [-0.1, -0.05) is 24.3 Å². The molecule has 0 heterocycles. The second-order valence-electron chi connectivity index (χ2n) is 5.94. The van der Waals surface area contributed by atoms with E-state index < -0.39 is 30.2 Å². The summed E-state index contributed by atoms with van der Waals surface area (Å²) in [5.74, 6) is -1.82. The van der Waals surface area contributed by atoms with Crippen LogP contribution < -0.4 is 10.1 Å². The van der Waals surface area contributed by atoms with Gasteiger partial charge in [0.2, 0.25) is 5.91 Å².